The summed E-state index contributed by atoms with van der Waals surface area (Å²) in [4.78, 5) is 29.7. The molecule has 0 bridgehead atoms. The molecule has 0 aliphatic heterocycles. The lowest BCUT2D eigenvalue weighted by molar-refractivity contribution is -0.115. The standard InChI is InChI=1S/C23H25N3O3S/c1-3-20(21(27)25-19-12-8-7-10-17(19)23(28)29-2)30-22-16(14-24)13-15-9-5-4-6-11-18(15)26-22/h7-8,10,12-13,20H,3-6,9,11H2,1-2H3,(H,25,27). The summed E-state index contributed by atoms with van der Waals surface area (Å²) >= 11 is 1.31. The van der Waals surface area contributed by atoms with Gasteiger partial charge in [-0.05, 0) is 55.9 Å². The van der Waals surface area contributed by atoms with Gasteiger partial charge in [-0.25, -0.2) is 9.78 Å². The van der Waals surface area contributed by atoms with E-state index in [1.807, 2.05) is 13.0 Å². The number of methoxy groups -OCH3 is 1. The number of benzene rings is 1. The van der Waals surface area contributed by atoms with Crippen LogP contribution < -0.4 is 5.32 Å². The SMILES string of the molecule is CCC(Sc1nc2c(cc1C#N)CCCCC2)C(=O)Nc1ccccc1C(=O)OC. The van der Waals surface area contributed by atoms with Crippen molar-refractivity contribution in [2.24, 2.45) is 0 Å². The maximum Gasteiger partial charge on any atom is 0.339 e. The van der Waals surface area contributed by atoms with E-state index in [4.69, 9.17) is 9.72 Å². The Morgan fingerprint density at radius 3 is 2.77 bits per heavy atom. The number of esters is 1. The number of carbonyl (C=O) groups excluding carboxylic acids is 2. The second-order valence-corrected chi connectivity index (χ2v) is 8.35. The number of ether oxygens (including phenoxy) is 1. The first-order chi connectivity index (χ1) is 14.6. The molecule has 6 nitrogen and oxygen atoms in total. The molecular formula is C23H25N3O3S. The van der Waals surface area contributed by atoms with Crippen LogP contribution in [0.15, 0.2) is 35.4 Å². The van der Waals surface area contributed by atoms with Gasteiger partial charge in [0, 0.05) is 5.69 Å². The van der Waals surface area contributed by atoms with Crippen LogP contribution in [0.1, 0.15) is 59.8 Å². The van der Waals surface area contributed by atoms with Crippen molar-refractivity contribution in [3.63, 3.8) is 0 Å². The number of rotatable bonds is 6. The van der Waals surface area contributed by atoms with Crippen LogP contribution in [0.2, 0.25) is 0 Å². The van der Waals surface area contributed by atoms with Gasteiger partial charge in [0.25, 0.3) is 0 Å². The number of fused-ring (bicyclic) bond motifs is 1. The van der Waals surface area contributed by atoms with Crippen LogP contribution in [0.5, 0.6) is 0 Å². The molecule has 1 aromatic carbocycles. The average molecular weight is 424 g/mol. The van der Waals surface area contributed by atoms with Crippen molar-refractivity contribution in [2.75, 3.05) is 12.4 Å². The van der Waals surface area contributed by atoms with Gasteiger partial charge < -0.3 is 10.1 Å². The van der Waals surface area contributed by atoms with Crippen molar-refractivity contribution in [1.29, 1.82) is 5.26 Å². The lowest BCUT2D eigenvalue weighted by atomic mass is 10.1. The number of carbonyl (C=O) groups is 2. The monoisotopic (exact) mass is 423 g/mol. The van der Waals surface area contributed by atoms with Gasteiger partial charge in [-0.15, -0.1) is 0 Å². The molecule has 30 heavy (non-hydrogen) atoms. The van der Waals surface area contributed by atoms with Gasteiger partial charge in [-0.2, -0.15) is 5.26 Å². The van der Waals surface area contributed by atoms with E-state index in [1.165, 1.54) is 25.3 Å². The minimum Gasteiger partial charge on any atom is -0.465 e. The molecule has 1 aliphatic rings. The first-order valence-corrected chi connectivity index (χ1v) is 11.0. The molecule has 3 rings (SSSR count). The van der Waals surface area contributed by atoms with Crippen molar-refractivity contribution < 1.29 is 14.3 Å². The molecule has 1 aliphatic carbocycles. The highest BCUT2D eigenvalue weighted by Gasteiger charge is 2.24. The number of aryl methyl sites for hydroxylation is 2. The summed E-state index contributed by atoms with van der Waals surface area (Å²) < 4.78 is 4.79. The fourth-order valence-electron chi connectivity index (χ4n) is 3.51. The number of pyridine rings is 1. The summed E-state index contributed by atoms with van der Waals surface area (Å²) in [7, 11) is 1.30. The Morgan fingerprint density at radius 1 is 1.27 bits per heavy atom. The molecule has 2 aromatic rings. The molecule has 7 heteroatoms. The van der Waals surface area contributed by atoms with Crippen molar-refractivity contribution in [3.05, 3.63) is 52.7 Å². The Kier molecular flexibility index (Phi) is 7.47. The molecule has 1 N–H and O–H groups in total. The minimum absolute atomic E-state index is 0.237. The first kappa shape index (κ1) is 21.8. The van der Waals surface area contributed by atoms with Crippen LogP contribution in [-0.4, -0.2) is 29.2 Å². The van der Waals surface area contributed by atoms with Gasteiger partial charge in [-0.1, -0.05) is 37.2 Å². The Bertz CT molecular complexity index is 984. The van der Waals surface area contributed by atoms with Crippen LogP contribution in [0.4, 0.5) is 5.69 Å². The van der Waals surface area contributed by atoms with E-state index >= 15 is 0 Å². The summed E-state index contributed by atoms with van der Waals surface area (Å²) in [6.45, 7) is 1.92. The van der Waals surface area contributed by atoms with Gasteiger partial charge >= 0.3 is 5.97 Å². The zero-order chi connectivity index (χ0) is 21.5. The summed E-state index contributed by atoms with van der Waals surface area (Å²) in [5.74, 6) is -0.745. The number of nitrogens with one attached hydrogen (secondary N) is 1. The van der Waals surface area contributed by atoms with Crippen LogP contribution in [0, 0.1) is 11.3 Å². The fourth-order valence-corrected chi connectivity index (χ4v) is 4.51. The Morgan fingerprint density at radius 2 is 2.03 bits per heavy atom. The first-order valence-electron chi connectivity index (χ1n) is 10.1. The topological polar surface area (TPSA) is 92.1 Å². The number of aromatic nitrogens is 1. The van der Waals surface area contributed by atoms with Gasteiger partial charge in [0.1, 0.15) is 11.1 Å². The second kappa shape index (κ2) is 10.3. The lowest BCUT2D eigenvalue weighted by Gasteiger charge is -2.17. The van der Waals surface area contributed by atoms with Crippen molar-refractivity contribution in [3.8, 4) is 6.07 Å². The lowest BCUT2D eigenvalue weighted by Crippen LogP contribution is -2.26. The molecule has 1 amide bonds. The molecule has 1 atom stereocenters. The average Bonchev–Trinajstić information content (AvgIpc) is 3.01. The van der Waals surface area contributed by atoms with E-state index < -0.39 is 11.2 Å². The zero-order valence-corrected chi connectivity index (χ0v) is 18.1. The number of hydrogen-bond donors (Lipinski definition) is 1. The highest BCUT2D eigenvalue weighted by molar-refractivity contribution is 8.00. The Hall–Kier alpha value is -2.85. The Balaban J connectivity index is 1.82. The largest absolute Gasteiger partial charge is 0.465 e. The number of thioether (sulfide) groups is 1. The summed E-state index contributed by atoms with van der Waals surface area (Å²) in [6.07, 6.45) is 5.79. The summed E-state index contributed by atoms with van der Waals surface area (Å²) in [6, 6.07) is 10.9. The summed E-state index contributed by atoms with van der Waals surface area (Å²) in [5.41, 5.74) is 3.41. The summed E-state index contributed by atoms with van der Waals surface area (Å²) in [5, 5.41) is 12.6. The molecular weight excluding hydrogens is 398 g/mol. The molecule has 1 heterocycles. The van der Waals surface area contributed by atoms with E-state index in [0.29, 0.717) is 28.3 Å². The van der Waals surface area contributed by atoms with Crippen LogP contribution in [0.25, 0.3) is 0 Å². The Labute approximate surface area is 181 Å². The highest BCUT2D eigenvalue weighted by atomic mass is 32.2. The van der Waals surface area contributed by atoms with Gasteiger partial charge in [0.15, 0.2) is 0 Å². The maximum absolute atomic E-state index is 13.0. The third kappa shape index (κ3) is 5.00. The van der Waals surface area contributed by atoms with Crippen molar-refractivity contribution in [2.45, 2.75) is 55.7 Å². The van der Waals surface area contributed by atoms with Crippen molar-refractivity contribution in [1.82, 2.24) is 4.98 Å². The van der Waals surface area contributed by atoms with E-state index in [2.05, 4.69) is 11.4 Å². The molecule has 1 aromatic heterocycles. The van der Waals surface area contributed by atoms with Gasteiger partial charge in [0.05, 0.1) is 29.2 Å². The zero-order valence-electron chi connectivity index (χ0n) is 17.2. The molecule has 0 radical (unpaired) electrons. The number of para-hydroxylation sites is 1. The molecule has 1 unspecified atom stereocenters. The van der Waals surface area contributed by atoms with Crippen LogP contribution >= 0.6 is 11.8 Å². The third-order valence-electron chi connectivity index (χ3n) is 5.14. The van der Waals surface area contributed by atoms with E-state index in [1.54, 1.807) is 24.3 Å². The number of nitriles is 1. The molecule has 156 valence electrons. The molecule has 0 saturated heterocycles. The number of hydrogen-bond acceptors (Lipinski definition) is 6. The number of anilines is 1. The number of nitrogens with zero attached hydrogens (tertiary/aromatic N) is 2. The third-order valence-corrected chi connectivity index (χ3v) is 6.51. The smallest absolute Gasteiger partial charge is 0.339 e. The quantitative estimate of drug-likeness (QED) is 0.417. The predicted octanol–water partition coefficient (Wildman–Crippen LogP) is 4.52. The highest BCUT2D eigenvalue weighted by Crippen LogP contribution is 2.31. The molecule has 0 saturated carbocycles. The van der Waals surface area contributed by atoms with E-state index in [-0.39, 0.29) is 5.91 Å². The van der Waals surface area contributed by atoms with Gasteiger partial charge in [0.2, 0.25) is 5.91 Å². The van der Waals surface area contributed by atoms with Crippen LogP contribution in [0.3, 0.4) is 0 Å². The number of amides is 1. The van der Waals surface area contributed by atoms with Crippen molar-refractivity contribution >= 4 is 29.3 Å². The predicted molar refractivity (Wildman–Crippen MR) is 117 cm³/mol. The van der Waals surface area contributed by atoms with Gasteiger partial charge in [-0.3, -0.25) is 4.79 Å². The minimum atomic E-state index is -0.509. The maximum atomic E-state index is 13.0. The van der Waals surface area contributed by atoms with Crippen LogP contribution in [-0.2, 0) is 22.4 Å². The molecule has 0 fully saturated rings. The molecule has 0 spiro atoms. The van der Waals surface area contributed by atoms with E-state index in [9.17, 15) is 14.9 Å². The normalized spacial score (nSPS) is 14.0. The fraction of sp³-hybridized carbons (Fsp3) is 0.391. The van der Waals surface area contributed by atoms with E-state index in [0.717, 1.165) is 36.9 Å². The second-order valence-electron chi connectivity index (χ2n) is 7.16.